The van der Waals surface area contributed by atoms with Crippen LogP contribution in [0.4, 0.5) is 0 Å². The molecule has 0 bridgehead atoms. The molecule has 0 atom stereocenters. The van der Waals surface area contributed by atoms with Gasteiger partial charge in [-0.1, -0.05) is 81.4 Å². The van der Waals surface area contributed by atoms with Crippen molar-refractivity contribution in [2.75, 3.05) is 13.1 Å². The Balaban J connectivity index is 0.000000944. The number of thiol groups is 1. The molecule has 206 valence electrons. The van der Waals surface area contributed by atoms with E-state index in [1.165, 1.54) is 0 Å². The molecule has 0 unspecified atom stereocenters. The Morgan fingerprint density at radius 1 is 1.00 bits per heavy atom. The average molecular weight is 539 g/mol. The van der Waals surface area contributed by atoms with Crippen molar-refractivity contribution in [3.8, 4) is 0 Å². The van der Waals surface area contributed by atoms with Crippen LogP contribution < -0.4 is 10.8 Å². The molecular formula is C30H42N4O3S. The van der Waals surface area contributed by atoms with Gasteiger partial charge in [0.15, 0.2) is 0 Å². The van der Waals surface area contributed by atoms with Crippen LogP contribution in [0.3, 0.4) is 0 Å². The van der Waals surface area contributed by atoms with Gasteiger partial charge < -0.3 is 4.98 Å². The maximum atomic E-state index is 12.5. The van der Waals surface area contributed by atoms with Gasteiger partial charge in [-0.2, -0.15) is 0 Å². The minimum Gasteiger partial charge on any atom is -0.310 e. The number of nitrogens with zero attached hydrogens (tertiary/aromatic N) is 2. The molecule has 0 amide bonds. The number of aryl methyl sites for hydroxylation is 1. The van der Waals surface area contributed by atoms with Gasteiger partial charge in [0.05, 0.1) is 0 Å². The number of aromatic amines is 1. The van der Waals surface area contributed by atoms with Crippen molar-refractivity contribution in [1.82, 2.24) is 14.5 Å². The van der Waals surface area contributed by atoms with Gasteiger partial charge in [-0.25, -0.2) is 4.79 Å². The zero-order valence-electron chi connectivity index (χ0n) is 23.0. The Labute approximate surface area is 232 Å². The molecule has 1 aromatic heterocycles. The van der Waals surface area contributed by atoms with Gasteiger partial charge in [0.25, 0.3) is 0 Å². The van der Waals surface area contributed by atoms with Crippen LogP contribution in [-0.4, -0.2) is 39.1 Å². The molecule has 4 rings (SSSR count). The smallest absolute Gasteiger partial charge is 0.310 e. The van der Waals surface area contributed by atoms with E-state index in [0.29, 0.717) is 11.1 Å². The number of carbonyl (C=O) groups excluding carboxylic acids is 2. The van der Waals surface area contributed by atoms with Crippen molar-refractivity contribution in [1.29, 1.82) is 0 Å². The van der Waals surface area contributed by atoms with Crippen LogP contribution in [-0.2, 0) is 13.0 Å². The Hall–Kier alpha value is -3.20. The topological polar surface area (TPSA) is 101 Å². The van der Waals surface area contributed by atoms with E-state index >= 15 is 0 Å². The average Bonchev–Trinajstić information content (AvgIpc) is 3.36. The van der Waals surface area contributed by atoms with E-state index in [1.54, 1.807) is 42.5 Å². The lowest BCUT2D eigenvalue weighted by molar-refractivity contribution is 0.0817. The number of likely N-dealkylation sites (tertiary alicyclic amines) is 1. The molecule has 0 aliphatic carbocycles. The highest BCUT2D eigenvalue weighted by Crippen LogP contribution is 2.23. The number of carbonyl (C=O) groups is 2. The number of imidazole rings is 1. The Kier molecular flexibility index (Phi) is 15.7. The van der Waals surface area contributed by atoms with Crippen LogP contribution >= 0.6 is 12.8 Å². The maximum absolute atomic E-state index is 12.5. The first kappa shape index (κ1) is 32.8. The zero-order chi connectivity index (χ0) is 28.5. The van der Waals surface area contributed by atoms with Crippen molar-refractivity contribution in [3.05, 3.63) is 106 Å². The molecule has 0 radical (unpaired) electrons. The molecule has 3 N–H and O–H groups in total. The highest BCUT2D eigenvalue weighted by Gasteiger charge is 2.22. The van der Waals surface area contributed by atoms with Gasteiger partial charge in [-0.3, -0.25) is 24.2 Å². The number of ketones is 2. The van der Waals surface area contributed by atoms with Crippen molar-refractivity contribution >= 4 is 24.4 Å². The monoisotopic (exact) mass is 538 g/mol. The molecule has 8 heteroatoms. The van der Waals surface area contributed by atoms with E-state index in [0.717, 1.165) is 50.2 Å². The fourth-order valence-electron chi connectivity index (χ4n) is 4.14. The molecule has 7 nitrogen and oxygen atoms in total. The fourth-order valence-corrected chi connectivity index (χ4v) is 4.14. The van der Waals surface area contributed by atoms with Crippen LogP contribution in [0.5, 0.6) is 0 Å². The number of allylic oxidation sites excluding steroid dienone is 1. The third-order valence-electron chi connectivity index (χ3n) is 5.99. The molecular weight excluding hydrogens is 496 g/mol. The van der Waals surface area contributed by atoms with Crippen molar-refractivity contribution in [2.45, 2.75) is 59.5 Å². The van der Waals surface area contributed by atoms with Gasteiger partial charge in [0.1, 0.15) is 0 Å². The minimum absolute atomic E-state index is 0.0133. The summed E-state index contributed by atoms with van der Waals surface area (Å²) in [4.78, 5) is 42.3. The highest BCUT2D eigenvalue weighted by molar-refractivity contribution is 7.77. The van der Waals surface area contributed by atoms with Gasteiger partial charge in [-0.05, 0) is 31.7 Å². The van der Waals surface area contributed by atoms with Crippen LogP contribution in [0.2, 0.25) is 0 Å². The van der Waals surface area contributed by atoms with E-state index in [9.17, 15) is 14.4 Å². The minimum atomic E-state index is -0.485. The summed E-state index contributed by atoms with van der Waals surface area (Å²) >= 11 is 3.03. The van der Waals surface area contributed by atoms with Crippen molar-refractivity contribution in [2.24, 2.45) is 5.14 Å². The Morgan fingerprint density at radius 3 is 1.97 bits per heavy atom. The van der Waals surface area contributed by atoms with Gasteiger partial charge in [-0.15, -0.1) is 19.4 Å². The summed E-state index contributed by atoms with van der Waals surface area (Å²) in [7, 11) is 0. The van der Waals surface area contributed by atoms with Crippen LogP contribution in [0.25, 0.3) is 0 Å². The van der Waals surface area contributed by atoms with Crippen molar-refractivity contribution < 1.29 is 9.59 Å². The van der Waals surface area contributed by atoms with E-state index < -0.39 is 11.6 Å². The normalized spacial score (nSPS) is 13.0. The molecule has 2 aromatic carbocycles. The third-order valence-corrected chi connectivity index (χ3v) is 5.99. The molecule has 3 aromatic rings. The first-order valence-corrected chi connectivity index (χ1v) is 13.6. The van der Waals surface area contributed by atoms with E-state index in [2.05, 4.69) is 34.4 Å². The molecule has 38 heavy (non-hydrogen) atoms. The number of rotatable bonds is 7. The number of aromatic nitrogens is 2. The lowest BCUT2D eigenvalue weighted by Gasteiger charge is -2.32. The molecule has 1 aliphatic rings. The number of Topliss-reactive ketones (excluding diaryl/α,β-unsaturated/α-hetero) is 2. The second-order valence-corrected chi connectivity index (χ2v) is 8.48. The summed E-state index contributed by atoms with van der Waals surface area (Å²) in [5.74, 6) is -0.969. The largest absolute Gasteiger partial charge is 0.325 e. The molecule has 2 heterocycles. The standard InChI is InChI=1S/C25H27N3O3.C3H6.C2H6.H3NS/c1-2-21-17-28(25(31)26-21)22-12-14-27(15-13-22)16-18-8-10-20(11-9-18)24(30)23(29)19-6-4-3-5-7-19;1-3-2;2*1-2/h3-11,17,22H,2,12-16H2,1H3,(H,26,31);3H,1H2,2H3;1-2H3;2H,1H2. The lowest BCUT2D eigenvalue weighted by Crippen LogP contribution is -2.36. The lowest BCUT2D eigenvalue weighted by atomic mass is 10.00. The number of benzene rings is 2. The number of hydrogen-bond acceptors (Lipinski definition) is 6. The molecule has 0 saturated carbocycles. The number of H-pyrrole nitrogens is 1. The first-order chi connectivity index (χ1) is 18.5. The van der Waals surface area contributed by atoms with Crippen molar-refractivity contribution in [3.63, 3.8) is 0 Å². The predicted molar refractivity (Wildman–Crippen MR) is 160 cm³/mol. The van der Waals surface area contributed by atoms with Gasteiger partial charge in [0.2, 0.25) is 11.6 Å². The third kappa shape index (κ3) is 9.59. The Morgan fingerprint density at radius 2 is 1.50 bits per heavy atom. The zero-order valence-corrected chi connectivity index (χ0v) is 23.9. The summed E-state index contributed by atoms with van der Waals surface area (Å²) in [6, 6.07) is 16.2. The summed E-state index contributed by atoms with van der Waals surface area (Å²) in [6.07, 6.45) is 6.40. The Bertz CT molecular complexity index is 1160. The van der Waals surface area contributed by atoms with Gasteiger partial charge in [0, 0.05) is 48.7 Å². The quantitative estimate of drug-likeness (QED) is 0.156. The second-order valence-electron chi connectivity index (χ2n) is 8.48. The predicted octanol–water partition coefficient (Wildman–Crippen LogP) is 5.65. The number of nitrogens with two attached hydrogens (primary N) is 1. The molecule has 0 spiro atoms. The molecule has 1 fully saturated rings. The van der Waals surface area contributed by atoms with E-state index in [1.807, 2.05) is 56.7 Å². The molecule has 1 saturated heterocycles. The number of nitrogens with one attached hydrogen (secondary N) is 1. The number of piperidine rings is 1. The molecule has 1 aliphatic heterocycles. The fraction of sp³-hybridized carbons (Fsp3) is 0.367. The maximum Gasteiger partial charge on any atom is 0.325 e. The SMILES string of the molecule is C=CC.CC.CCc1cn(C2CCN(Cc3ccc(C(=O)C(=O)c4ccccc4)cc3)CC2)c(=O)[nH]1.NS. The van der Waals surface area contributed by atoms with Crippen LogP contribution in [0.15, 0.2) is 78.2 Å². The second kappa shape index (κ2) is 18.1. The number of hydrogen-bond donors (Lipinski definition) is 3. The summed E-state index contributed by atoms with van der Waals surface area (Å²) in [5.41, 5.74) is 2.89. The first-order valence-electron chi connectivity index (χ1n) is 13.0. The van der Waals surface area contributed by atoms with E-state index in [-0.39, 0.29) is 11.7 Å². The van der Waals surface area contributed by atoms with Crippen LogP contribution in [0, 0.1) is 0 Å². The summed E-state index contributed by atoms with van der Waals surface area (Å²) < 4.78 is 1.85. The summed E-state index contributed by atoms with van der Waals surface area (Å²) in [6.45, 7) is 13.9. The van der Waals surface area contributed by atoms with Gasteiger partial charge >= 0.3 is 5.69 Å². The highest BCUT2D eigenvalue weighted by atomic mass is 32.1. The van der Waals surface area contributed by atoms with E-state index in [4.69, 9.17) is 0 Å². The van der Waals surface area contributed by atoms with Crippen LogP contribution in [0.1, 0.15) is 78.6 Å². The summed E-state index contributed by atoms with van der Waals surface area (Å²) in [5, 5.41) is 4.19.